The summed E-state index contributed by atoms with van der Waals surface area (Å²) in [4.78, 5) is 0. The molecule has 0 saturated carbocycles. The fourth-order valence-electron chi connectivity index (χ4n) is 1.11. The second-order valence-corrected chi connectivity index (χ2v) is 4.24. The summed E-state index contributed by atoms with van der Waals surface area (Å²) in [6.45, 7) is 0.508. The molecule has 0 aromatic heterocycles. The van der Waals surface area contributed by atoms with E-state index in [4.69, 9.17) is 14.9 Å². The van der Waals surface area contributed by atoms with Gasteiger partial charge in [-0.1, -0.05) is 15.9 Å². The molecule has 15 heavy (non-hydrogen) atoms. The third-order valence-electron chi connectivity index (χ3n) is 2.12. The molecular weight excluding hydrogens is 260 g/mol. The normalized spacial score (nSPS) is 10.7. The summed E-state index contributed by atoms with van der Waals surface area (Å²) in [5.41, 5.74) is 0. The van der Waals surface area contributed by atoms with Gasteiger partial charge in [0.25, 0.3) is 0 Å². The van der Waals surface area contributed by atoms with Gasteiger partial charge in [-0.05, 0) is 30.7 Å². The lowest BCUT2D eigenvalue weighted by Gasteiger charge is -2.11. The van der Waals surface area contributed by atoms with E-state index in [0.29, 0.717) is 13.0 Å². The van der Waals surface area contributed by atoms with Gasteiger partial charge in [-0.25, -0.2) is 0 Å². The highest BCUT2D eigenvalue weighted by Gasteiger charge is 2.05. The van der Waals surface area contributed by atoms with Crippen LogP contribution in [0.25, 0.3) is 0 Å². The summed E-state index contributed by atoms with van der Waals surface area (Å²) < 4.78 is 6.46. The van der Waals surface area contributed by atoms with Gasteiger partial charge in [-0.3, -0.25) is 0 Å². The van der Waals surface area contributed by atoms with Gasteiger partial charge in [0.15, 0.2) is 0 Å². The van der Waals surface area contributed by atoms with E-state index in [9.17, 15) is 0 Å². The van der Waals surface area contributed by atoms with Crippen molar-refractivity contribution in [1.82, 2.24) is 0 Å². The average Bonchev–Trinajstić information content (AvgIpc) is 2.27. The Balaban J connectivity index is 2.28. The van der Waals surface area contributed by atoms with Crippen LogP contribution in [-0.2, 0) is 0 Å². The minimum Gasteiger partial charge on any atom is -0.494 e. The van der Waals surface area contributed by atoms with Crippen LogP contribution in [0.2, 0.25) is 0 Å². The van der Waals surface area contributed by atoms with Crippen molar-refractivity contribution in [1.29, 1.82) is 0 Å². The Morgan fingerprint density at radius 1 is 1.13 bits per heavy atom. The van der Waals surface area contributed by atoms with E-state index in [1.54, 1.807) is 0 Å². The zero-order valence-electron chi connectivity index (χ0n) is 8.40. The number of aliphatic hydroxyl groups excluding tert-OH is 2. The molecule has 0 amide bonds. The molecule has 0 fully saturated rings. The van der Waals surface area contributed by atoms with Crippen LogP contribution in [0.1, 0.15) is 6.42 Å². The minimum absolute atomic E-state index is 0.000196. The van der Waals surface area contributed by atoms with E-state index in [1.165, 1.54) is 0 Å². The first-order valence-electron chi connectivity index (χ1n) is 4.86. The van der Waals surface area contributed by atoms with E-state index in [2.05, 4.69) is 15.9 Å². The van der Waals surface area contributed by atoms with Gasteiger partial charge in [0.2, 0.25) is 0 Å². The number of benzene rings is 1. The highest BCUT2D eigenvalue weighted by Crippen LogP contribution is 2.16. The molecule has 2 N–H and O–H groups in total. The summed E-state index contributed by atoms with van der Waals surface area (Å²) in [5, 5.41) is 17.7. The van der Waals surface area contributed by atoms with Crippen LogP contribution in [0.4, 0.5) is 0 Å². The molecule has 0 aliphatic rings. The number of rotatable bonds is 6. The molecule has 0 aliphatic heterocycles. The van der Waals surface area contributed by atoms with E-state index in [1.807, 2.05) is 24.3 Å². The zero-order valence-corrected chi connectivity index (χ0v) is 9.98. The summed E-state index contributed by atoms with van der Waals surface area (Å²) >= 11 is 3.34. The monoisotopic (exact) mass is 274 g/mol. The van der Waals surface area contributed by atoms with Gasteiger partial charge in [-0.2, -0.15) is 0 Å². The highest BCUT2D eigenvalue weighted by atomic mass is 79.9. The molecule has 0 aliphatic carbocycles. The van der Waals surface area contributed by atoms with Crippen molar-refractivity contribution in [2.24, 2.45) is 5.92 Å². The Bertz CT molecular complexity index is 270. The van der Waals surface area contributed by atoms with Crippen molar-refractivity contribution in [2.75, 3.05) is 19.8 Å². The maximum Gasteiger partial charge on any atom is 0.119 e. The van der Waals surface area contributed by atoms with Crippen molar-refractivity contribution in [2.45, 2.75) is 6.42 Å². The Hall–Kier alpha value is -0.580. The van der Waals surface area contributed by atoms with Gasteiger partial charge >= 0.3 is 0 Å². The quantitative estimate of drug-likeness (QED) is 0.832. The van der Waals surface area contributed by atoms with Crippen LogP contribution in [-0.4, -0.2) is 30.0 Å². The fourth-order valence-corrected chi connectivity index (χ4v) is 1.38. The van der Waals surface area contributed by atoms with Crippen LogP contribution in [0.5, 0.6) is 5.75 Å². The van der Waals surface area contributed by atoms with Crippen molar-refractivity contribution in [3.63, 3.8) is 0 Å². The van der Waals surface area contributed by atoms with Crippen molar-refractivity contribution < 1.29 is 14.9 Å². The maximum absolute atomic E-state index is 8.84. The molecule has 4 heteroatoms. The smallest absolute Gasteiger partial charge is 0.119 e. The number of hydrogen-bond acceptors (Lipinski definition) is 3. The van der Waals surface area contributed by atoms with Crippen LogP contribution >= 0.6 is 15.9 Å². The number of hydrogen-bond donors (Lipinski definition) is 2. The molecule has 0 saturated heterocycles. The topological polar surface area (TPSA) is 49.7 Å². The third-order valence-corrected chi connectivity index (χ3v) is 2.65. The molecule has 1 aromatic carbocycles. The standard InChI is InChI=1S/C11H15BrO3/c12-10-1-3-11(4-2-10)15-6-5-9(7-13)8-14/h1-4,9,13-14H,5-8H2. The Kier molecular flexibility index (Phi) is 5.68. The van der Waals surface area contributed by atoms with Gasteiger partial charge in [0.1, 0.15) is 5.75 Å². The number of halogens is 1. The second kappa shape index (κ2) is 6.82. The molecule has 0 unspecified atom stereocenters. The molecule has 0 radical (unpaired) electrons. The van der Waals surface area contributed by atoms with Crippen LogP contribution < -0.4 is 4.74 Å². The molecule has 0 spiro atoms. The number of aliphatic hydroxyl groups is 2. The molecular formula is C11H15BrO3. The van der Waals surface area contributed by atoms with E-state index >= 15 is 0 Å². The van der Waals surface area contributed by atoms with Crippen LogP contribution in [0.15, 0.2) is 28.7 Å². The largest absolute Gasteiger partial charge is 0.494 e. The molecule has 0 atom stereocenters. The molecule has 84 valence electrons. The molecule has 1 aromatic rings. The predicted octanol–water partition coefficient (Wildman–Crippen LogP) is 1.82. The third kappa shape index (κ3) is 4.64. The average molecular weight is 275 g/mol. The highest BCUT2D eigenvalue weighted by molar-refractivity contribution is 9.10. The van der Waals surface area contributed by atoms with E-state index < -0.39 is 0 Å². The second-order valence-electron chi connectivity index (χ2n) is 3.32. The first-order chi connectivity index (χ1) is 7.26. The molecule has 0 heterocycles. The lowest BCUT2D eigenvalue weighted by molar-refractivity contribution is 0.128. The summed E-state index contributed by atoms with van der Waals surface area (Å²) in [6.07, 6.45) is 0.656. The van der Waals surface area contributed by atoms with Gasteiger partial charge < -0.3 is 14.9 Å². The fraction of sp³-hybridized carbons (Fsp3) is 0.455. The molecule has 1 rings (SSSR count). The van der Waals surface area contributed by atoms with Crippen molar-refractivity contribution >= 4 is 15.9 Å². The number of ether oxygens (including phenoxy) is 1. The van der Waals surface area contributed by atoms with Gasteiger partial charge in [0.05, 0.1) is 6.61 Å². The van der Waals surface area contributed by atoms with Gasteiger partial charge in [-0.15, -0.1) is 0 Å². The van der Waals surface area contributed by atoms with E-state index in [0.717, 1.165) is 10.2 Å². The Morgan fingerprint density at radius 3 is 2.27 bits per heavy atom. The van der Waals surface area contributed by atoms with Crippen molar-refractivity contribution in [3.8, 4) is 5.75 Å². The lowest BCUT2D eigenvalue weighted by atomic mass is 10.1. The maximum atomic E-state index is 8.84. The summed E-state index contributed by atoms with van der Waals surface area (Å²) in [6, 6.07) is 7.56. The van der Waals surface area contributed by atoms with Crippen LogP contribution in [0, 0.1) is 5.92 Å². The van der Waals surface area contributed by atoms with Crippen LogP contribution in [0.3, 0.4) is 0 Å². The lowest BCUT2D eigenvalue weighted by Crippen LogP contribution is -2.14. The summed E-state index contributed by atoms with van der Waals surface area (Å²) in [5.74, 6) is 0.716. The zero-order chi connectivity index (χ0) is 11.1. The Labute approximate surface area is 97.8 Å². The first kappa shape index (κ1) is 12.5. The van der Waals surface area contributed by atoms with Gasteiger partial charge in [0, 0.05) is 23.6 Å². The van der Waals surface area contributed by atoms with Crippen molar-refractivity contribution in [3.05, 3.63) is 28.7 Å². The first-order valence-corrected chi connectivity index (χ1v) is 5.65. The molecule has 0 bridgehead atoms. The summed E-state index contributed by atoms with van der Waals surface area (Å²) in [7, 11) is 0. The van der Waals surface area contributed by atoms with E-state index in [-0.39, 0.29) is 19.1 Å². The Morgan fingerprint density at radius 2 is 1.73 bits per heavy atom. The predicted molar refractivity (Wildman–Crippen MR) is 61.9 cm³/mol. The SMILES string of the molecule is OCC(CO)CCOc1ccc(Br)cc1. The minimum atomic E-state index is -0.0829. The molecule has 3 nitrogen and oxygen atoms in total.